The van der Waals surface area contributed by atoms with E-state index < -0.39 is 0 Å². The highest BCUT2D eigenvalue weighted by molar-refractivity contribution is 9.10. The molecule has 2 aromatic rings. The number of rotatable bonds is 3. The van der Waals surface area contributed by atoms with Gasteiger partial charge >= 0.3 is 0 Å². The Balaban J connectivity index is 2.40. The van der Waals surface area contributed by atoms with Gasteiger partial charge in [-0.25, -0.2) is 4.98 Å². The first-order valence-corrected chi connectivity index (χ1v) is 7.50. The van der Waals surface area contributed by atoms with Gasteiger partial charge in [-0.1, -0.05) is 27.7 Å². The molecule has 0 bridgehead atoms. The normalized spacial score (nSPS) is 10.5. The van der Waals surface area contributed by atoms with E-state index >= 15 is 0 Å². The van der Waals surface area contributed by atoms with Gasteiger partial charge in [-0.3, -0.25) is 4.79 Å². The lowest BCUT2D eigenvalue weighted by molar-refractivity contribution is 0.101. The summed E-state index contributed by atoms with van der Waals surface area (Å²) in [7, 11) is 0. The zero-order valence-corrected chi connectivity index (χ0v) is 13.4. The smallest absolute Gasteiger partial charge is 0.160 e. The van der Waals surface area contributed by atoms with E-state index in [1.165, 1.54) is 17.3 Å². The fourth-order valence-electron chi connectivity index (χ4n) is 1.84. The lowest BCUT2D eigenvalue weighted by Gasteiger charge is -2.08. The van der Waals surface area contributed by atoms with Gasteiger partial charge in [-0.05, 0) is 56.7 Å². The molecule has 0 amide bonds. The van der Waals surface area contributed by atoms with Crippen molar-refractivity contribution >= 4 is 33.5 Å². The first kappa shape index (κ1) is 14.3. The highest BCUT2D eigenvalue weighted by Crippen LogP contribution is 2.31. The number of ketones is 1. The maximum atomic E-state index is 11.7. The number of aromatic nitrogens is 1. The highest BCUT2D eigenvalue weighted by Gasteiger charge is 2.10. The number of carbonyl (C=O) groups is 1. The molecule has 0 saturated carbocycles. The van der Waals surface area contributed by atoms with Gasteiger partial charge < -0.3 is 0 Å². The Hall–Kier alpha value is -1.13. The molecule has 0 saturated heterocycles. The van der Waals surface area contributed by atoms with E-state index in [4.69, 9.17) is 0 Å². The summed E-state index contributed by atoms with van der Waals surface area (Å²) >= 11 is 4.92. The van der Waals surface area contributed by atoms with Crippen LogP contribution >= 0.6 is 27.7 Å². The van der Waals surface area contributed by atoms with Crippen LogP contribution in [-0.4, -0.2) is 10.8 Å². The van der Waals surface area contributed by atoms with Crippen molar-refractivity contribution in [3.63, 3.8) is 0 Å². The molecule has 2 nitrogen and oxygen atoms in total. The number of pyridine rings is 1. The van der Waals surface area contributed by atoms with Crippen molar-refractivity contribution in [3.05, 3.63) is 51.6 Å². The minimum absolute atomic E-state index is 0.0631. The fourth-order valence-corrected chi connectivity index (χ4v) is 3.31. The molecule has 0 radical (unpaired) electrons. The lowest BCUT2D eigenvalue weighted by Crippen LogP contribution is -1.96. The molecule has 0 aliphatic heterocycles. The third-order valence-corrected chi connectivity index (χ3v) is 4.10. The number of halogens is 1. The van der Waals surface area contributed by atoms with Crippen molar-refractivity contribution < 1.29 is 4.79 Å². The summed E-state index contributed by atoms with van der Waals surface area (Å²) in [5.41, 5.74) is 2.89. The van der Waals surface area contributed by atoms with Crippen LogP contribution in [0.15, 0.2) is 44.7 Å². The van der Waals surface area contributed by atoms with Crippen LogP contribution in [0.3, 0.4) is 0 Å². The fraction of sp³-hybridized carbons (Fsp3) is 0.200. The summed E-state index contributed by atoms with van der Waals surface area (Å²) < 4.78 is 0.912. The number of hydrogen-bond acceptors (Lipinski definition) is 3. The van der Waals surface area contributed by atoms with Crippen LogP contribution in [0.4, 0.5) is 0 Å². The molecule has 0 spiro atoms. The Bertz CT molecular complexity index is 620. The van der Waals surface area contributed by atoms with Gasteiger partial charge in [0.2, 0.25) is 0 Å². The lowest BCUT2D eigenvalue weighted by atomic mass is 10.1. The van der Waals surface area contributed by atoms with Gasteiger partial charge in [0, 0.05) is 20.6 Å². The third-order valence-electron chi connectivity index (χ3n) is 2.61. The van der Waals surface area contributed by atoms with Crippen LogP contribution < -0.4 is 0 Å². The van der Waals surface area contributed by atoms with Gasteiger partial charge in [-0.15, -0.1) is 0 Å². The largest absolute Gasteiger partial charge is 0.294 e. The molecule has 0 N–H and O–H groups in total. The van der Waals surface area contributed by atoms with Crippen LogP contribution in [0.5, 0.6) is 0 Å². The molecule has 0 aliphatic rings. The van der Waals surface area contributed by atoms with Crippen LogP contribution in [-0.2, 0) is 0 Å². The molecule has 0 fully saturated rings. The van der Waals surface area contributed by atoms with E-state index in [1.54, 1.807) is 6.92 Å². The highest BCUT2D eigenvalue weighted by atomic mass is 79.9. The van der Waals surface area contributed by atoms with Gasteiger partial charge in [0.05, 0.1) is 0 Å². The Morgan fingerprint density at radius 1 is 1.21 bits per heavy atom. The number of benzene rings is 1. The first-order chi connectivity index (χ1) is 8.95. The molecule has 1 aromatic carbocycles. The van der Waals surface area contributed by atoms with Crippen molar-refractivity contribution in [2.45, 2.75) is 30.7 Å². The van der Waals surface area contributed by atoms with Gasteiger partial charge in [0.1, 0.15) is 5.03 Å². The maximum absolute atomic E-state index is 11.7. The molecule has 19 heavy (non-hydrogen) atoms. The molecule has 4 heteroatoms. The van der Waals surface area contributed by atoms with Crippen molar-refractivity contribution in [2.75, 3.05) is 0 Å². The zero-order valence-electron chi connectivity index (χ0n) is 11.0. The minimum atomic E-state index is 0.0631. The second kappa shape index (κ2) is 5.88. The SMILES string of the molecule is CC(=O)c1cc(Br)ccc1Sc1cc(C)cc(C)n1. The summed E-state index contributed by atoms with van der Waals surface area (Å²) in [6, 6.07) is 9.82. The van der Waals surface area contributed by atoms with Gasteiger partial charge in [0.15, 0.2) is 5.78 Å². The predicted octanol–water partition coefficient (Wildman–Crippen LogP) is 4.81. The Kier molecular flexibility index (Phi) is 4.42. The average Bonchev–Trinajstić information content (AvgIpc) is 2.30. The molecule has 0 atom stereocenters. The molecule has 98 valence electrons. The standard InChI is InChI=1S/C15H14BrNOS/c1-9-6-10(2)17-15(7-9)19-14-5-4-12(16)8-13(14)11(3)18/h4-8H,1-3H3. The van der Waals surface area contributed by atoms with E-state index in [1.807, 2.05) is 44.2 Å². The average molecular weight is 336 g/mol. The van der Waals surface area contributed by atoms with Crippen molar-refractivity contribution in [3.8, 4) is 0 Å². The monoisotopic (exact) mass is 335 g/mol. The number of Topliss-reactive ketones (excluding diaryl/α,β-unsaturated/α-hetero) is 1. The molecular formula is C15H14BrNOS. The van der Waals surface area contributed by atoms with Crippen molar-refractivity contribution in [2.24, 2.45) is 0 Å². The Morgan fingerprint density at radius 3 is 2.58 bits per heavy atom. The van der Waals surface area contributed by atoms with Crippen LogP contribution in [0.25, 0.3) is 0 Å². The number of hydrogen-bond donors (Lipinski definition) is 0. The molecule has 2 rings (SSSR count). The van der Waals surface area contributed by atoms with Gasteiger partial charge in [0.25, 0.3) is 0 Å². The van der Waals surface area contributed by atoms with E-state index in [0.29, 0.717) is 0 Å². The van der Waals surface area contributed by atoms with Crippen LogP contribution in [0.2, 0.25) is 0 Å². The van der Waals surface area contributed by atoms with E-state index in [-0.39, 0.29) is 5.78 Å². The molecule has 1 heterocycles. The summed E-state index contributed by atoms with van der Waals surface area (Å²) in [4.78, 5) is 17.1. The van der Waals surface area contributed by atoms with Crippen molar-refractivity contribution in [1.82, 2.24) is 4.98 Å². The number of nitrogens with zero attached hydrogens (tertiary/aromatic N) is 1. The van der Waals surface area contributed by atoms with E-state index in [2.05, 4.69) is 20.9 Å². The Morgan fingerprint density at radius 2 is 1.95 bits per heavy atom. The summed E-state index contributed by atoms with van der Waals surface area (Å²) in [6.45, 7) is 5.61. The topological polar surface area (TPSA) is 30.0 Å². The summed E-state index contributed by atoms with van der Waals surface area (Å²) in [5, 5.41) is 0.919. The first-order valence-electron chi connectivity index (χ1n) is 5.89. The number of carbonyl (C=O) groups excluding carboxylic acids is 1. The van der Waals surface area contributed by atoms with Gasteiger partial charge in [-0.2, -0.15) is 0 Å². The zero-order chi connectivity index (χ0) is 14.0. The Labute approximate surface area is 125 Å². The number of aryl methyl sites for hydroxylation is 2. The van der Waals surface area contributed by atoms with Crippen LogP contribution in [0, 0.1) is 13.8 Å². The van der Waals surface area contributed by atoms with Crippen LogP contribution in [0.1, 0.15) is 28.5 Å². The molecule has 1 aromatic heterocycles. The predicted molar refractivity (Wildman–Crippen MR) is 82.0 cm³/mol. The van der Waals surface area contributed by atoms with Crippen molar-refractivity contribution in [1.29, 1.82) is 0 Å². The summed E-state index contributed by atoms with van der Waals surface area (Å²) in [6.07, 6.45) is 0. The van der Waals surface area contributed by atoms with E-state index in [9.17, 15) is 4.79 Å². The minimum Gasteiger partial charge on any atom is -0.294 e. The molecule has 0 unspecified atom stereocenters. The second-order valence-corrected chi connectivity index (χ2v) is 6.40. The molecular weight excluding hydrogens is 322 g/mol. The van der Waals surface area contributed by atoms with E-state index in [0.717, 1.165) is 25.7 Å². The second-order valence-electron chi connectivity index (χ2n) is 4.42. The third kappa shape index (κ3) is 3.67. The summed E-state index contributed by atoms with van der Waals surface area (Å²) in [5.74, 6) is 0.0631. The molecule has 0 aliphatic carbocycles. The quantitative estimate of drug-likeness (QED) is 0.753. The maximum Gasteiger partial charge on any atom is 0.160 e.